The van der Waals surface area contributed by atoms with Gasteiger partial charge in [-0.2, -0.15) is 0 Å². The summed E-state index contributed by atoms with van der Waals surface area (Å²) in [4.78, 5) is 23.2. The molecule has 0 heterocycles. The molecule has 0 fully saturated rings. The van der Waals surface area contributed by atoms with E-state index in [4.69, 9.17) is 4.74 Å². The van der Waals surface area contributed by atoms with E-state index in [0.29, 0.717) is 17.0 Å². The summed E-state index contributed by atoms with van der Waals surface area (Å²) < 4.78 is 4.97. The van der Waals surface area contributed by atoms with Crippen molar-refractivity contribution in [2.75, 3.05) is 12.4 Å². The first-order valence-electron chi connectivity index (χ1n) is 6.05. The quantitative estimate of drug-likeness (QED) is 0.901. The topological polar surface area (TPSA) is 67.4 Å². The van der Waals surface area contributed by atoms with Gasteiger partial charge in [-0.25, -0.2) is 4.79 Å². The zero-order valence-corrected chi connectivity index (χ0v) is 10.9. The third-order valence-electron chi connectivity index (χ3n) is 2.54. The second-order valence-corrected chi connectivity index (χ2v) is 3.99. The maximum absolute atomic E-state index is 12.1. The predicted molar refractivity (Wildman–Crippen MR) is 75.9 cm³/mol. The molecule has 2 rings (SSSR count). The van der Waals surface area contributed by atoms with Crippen LogP contribution in [0, 0.1) is 0 Å². The van der Waals surface area contributed by atoms with E-state index in [1.807, 2.05) is 18.2 Å². The van der Waals surface area contributed by atoms with Gasteiger partial charge in [0.25, 0.3) is 5.91 Å². The van der Waals surface area contributed by atoms with Crippen molar-refractivity contribution >= 4 is 17.7 Å². The highest BCUT2D eigenvalue weighted by Crippen LogP contribution is 2.15. The minimum Gasteiger partial charge on any atom is -0.410 e. The highest BCUT2D eigenvalue weighted by molar-refractivity contribution is 6.04. The van der Waals surface area contributed by atoms with Crippen LogP contribution in [0.5, 0.6) is 5.75 Å². The van der Waals surface area contributed by atoms with Crippen molar-refractivity contribution in [3.05, 3.63) is 60.2 Å². The second-order valence-electron chi connectivity index (χ2n) is 3.99. The van der Waals surface area contributed by atoms with Gasteiger partial charge in [0, 0.05) is 18.3 Å². The molecule has 0 saturated carbocycles. The Morgan fingerprint density at radius 2 is 1.75 bits per heavy atom. The number of amides is 2. The van der Waals surface area contributed by atoms with Gasteiger partial charge in [-0.15, -0.1) is 0 Å². The molecule has 2 aromatic rings. The van der Waals surface area contributed by atoms with Gasteiger partial charge >= 0.3 is 6.09 Å². The van der Waals surface area contributed by atoms with Crippen LogP contribution < -0.4 is 15.4 Å². The number of para-hydroxylation sites is 1. The summed E-state index contributed by atoms with van der Waals surface area (Å²) in [7, 11) is 1.47. The summed E-state index contributed by atoms with van der Waals surface area (Å²) in [5, 5.41) is 5.10. The lowest BCUT2D eigenvalue weighted by Gasteiger charge is -2.07. The van der Waals surface area contributed by atoms with Crippen LogP contribution >= 0.6 is 0 Å². The molecule has 0 aliphatic carbocycles. The minimum absolute atomic E-state index is 0.265. The molecule has 0 aromatic heterocycles. The van der Waals surface area contributed by atoms with Crippen molar-refractivity contribution in [3.63, 3.8) is 0 Å². The van der Waals surface area contributed by atoms with Gasteiger partial charge in [-0.05, 0) is 30.3 Å². The zero-order chi connectivity index (χ0) is 14.4. The maximum atomic E-state index is 12.1. The van der Waals surface area contributed by atoms with E-state index in [9.17, 15) is 9.59 Å². The molecule has 0 aliphatic rings. The fourth-order valence-electron chi connectivity index (χ4n) is 1.58. The van der Waals surface area contributed by atoms with E-state index in [-0.39, 0.29) is 5.91 Å². The van der Waals surface area contributed by atoms with Crippen LogP contribution in [-0.2, 0) is 0 Å². The summed E-state index contributed by atoms with van der Waals surface area (Å²) in [6.45, 7) is 0. The number of benzene rings is 2. The van der Waals surface area contributed by atoms with Crippen molar-refractivity contribution in [1.82, 2.24) is 5.32 Å². The van der Waals surface area contributed by atoms with E-state index in [1.165, 1.54) is 13.1 Å². The number of hydrogen-bond acceptors (Lipinski definition) is 3. The lowest BCUT2D eigenvalue weighted by molar-refractivity contribution is 0.102. The Labute approximate surface area is 116 Å². The Morgan fingerprint density at radius 1 is 1.00 bits per heavy atom. The molecular weight excluding hydrogens is 256 g/mol. The summed E-state index contributed by atoms with van der Waals surface area (Å²) >= 11 is 0. The fourth-order valence-corrected chi connectivity index (χ4v) is 1.58. The van der Waals surface area contributed by atoms with Crippen LogP contribution in [0.25, 0.3) is 0 Å². The van der Waals surface area contributed by atoms with Crippen LogP contribution in [0.4, 0.5) is 10.5 Å². The first-order chi connectivity index (χ1) is 9.69. The summed E-state index contributed by atoms with van der Waals surface area (Å²) in [5.41, 5.74) is 1.12. The predicted octanol–water partition coefficient (Wildman–Crippen LogP) is 2.66. The number of hydrogen-bond donors (Lipinski definition) is 2. The number of ether oxygens (including phenoxy) is 1. The summed E-state index contributed by atoms with van der Waals surface area (Å²) in [6, 6.07) is 15.5. The van der Waals surface area contributed by atoms with Gasteiger partial charge < -0.3 is 15.4 Å². The second kappa shape index (κ2) is 6.38. The fraction of sp³-hybridized carbons (Fsp3) is 0.0667. The number of rotatable bonds is 3. The lowest BCUT2D eigenvalue weighted by Crippen LogP contribution is -2.22. The monoisotopic (exact) mass is 270 g/mol. The minimum atomic E-state index is -0.578. The highest BCUT2D eigenvalue weighted by atomic mass is 16.5. The molecule has 20 heavy (non-hydrogen) atoms. The molecule has 0 spiro atoms. The molecule has 0 atom stereocenters. The van der Waals surface area contributed by atoms with Crippen molar-refractivity contribution in [2.24, 2.45) is 0 Å². The Hall–Kier alpha value is -2.82. The first kappa shape index (κ1) is 13.6. The lowest BCUT2D eigenvalue weighted by atomic mass is 10.2. The zero-order valence-electron chi connectivity index (χ0n) is 10.9. The van der Waals surface area contributed by atoms with E-state index < -0.39 is 6.09 Å². The van der Waals surface area contributed by atoms with Crippen LogP contribution in [0.3, 0.4) is 0 Å². The van der Waals surface area contributed by atoms with Crippen molar-refractivity contribution in [2.45, 2.75) is 0 Å². The molecule has 0 bridgehead atoms. The number of nitrogens with one attached hydrogen (secondary N) is 2. The average Bonchev–Trinajstić information content (AvgIpc) is 2.48. The van der Waals surface area contributed by atoms with Crippen LogP contribution in [-0.4, -0.2) is 19.0 Å². The Bertz CT molecular complexity index is 612. The van der Waals surface area contributed by atoms with E-state index in [0.717, 1.165) is 0 Å². The normalized spacial score (nSPS) is 9.65. The number of carbonyl (C=O) groups is 2. The molecule has 102 valence electrons. The largest absolute Gasteiger partial charge is 0.412 e. The van der Waals surface area contributed by atoms with E-state index in [2.05, 4.69) is 10.6 Å². The smallest absolute Gasteiger partial charge is 0.410 e. The van der Waals surface area contributed by atoms with Crippen molar-refractivity contribution in [3.8, 4) is 5.75 Å². The van der Waals surface area contributed by atoms with Crippen LogP contribution in [0.15, 0.2) is 54.6 Å². The highest BCUT2D eigenvalue weighted by Gasteiger charge is 2.08. The number of anilines is 1. The third kappa shape index (κ3) is 3.58. The van der Waals surface area contributed by atoms with Gasteiger partial charge in [0.05, 0.1) is 0 Å². The molecular formula is C15H14N2O3. The first-order valence-corrected chi connectivity index (χ1v) is 6.05. The van der Waals surface area contributed by atoms with Crippen LogP contribution in [0.1, 0.15) is 10.4 Å². The molecule has 0 aliphatic heterocycles. The standard InChI is InChI=1S/C15H14N2O3/c1-16-15(19)20-13-9-5-6-11(10-13)14(18)17-12-7-3-2-4-8-12/h2-10H,1H3,(H,16,19)(H,17,18). The Kier molecular flexibility index (Phi) is 4.34. The van der Waals surface area contributed by atoms with Gasteiger partial charge in [-0.3, -0.25) is 4.79 Å². The number of carbonyl (C=O) groups excluding carboxylic acids is 2. The average molecular weight is 270 g/mol. The maximum Gasteiger partial charge on any atom is 0.412 e. The van der Waals surface area contributed by atoms with E-state index in [1.54, 1.807) is 30.3 Å². The molecule has 2 N–H and O–H groups in total. The molecule has 2 amide bonds. The molecule has 2 aromatic carbocycles. The van der Waals surface area contributed by atoms with Gasteiger partial charge in [0.2, 0.25) is 0 Å². The molecule has 5 heteroatoms. The van der Waals surface area contributed by atoms with Gasteiger partial charge in [0.1, 0.15) is 5.75 Å². The molecule has 0 saturated heterocycles. The Balaban J connectivity index is 2.10. The SMILES string of the molecule is CNC(=O)Oc1cccc(C(=O)Nc2ccccc2)c1. The molecule has 0 unspecified atom stereocenters. The summed E-state index contributed by atoms with van der Waals surface area (Å²) in [6.07, 6.45) is -0.578. The Morgan fingerprint density at radius 3 is 2.45 bits per heavy atom. The van der Waals surface area contributed by atoms with Crippen molar-refractivity contribution < 1.29 is 14.3 Å². The molecule has 0 radical (unpaired) electrons. The van der Waals surface area contributed by atoms with Crippen LogP contribution in [0.2, 0.25) is 0 Å². The van der Waals surface area contributed by atoms with Crippen molar-refractivity contribution in [1.29, 1.82) is 0 Å². The molecule has 5 nitrogen and oxygen atoms in total. The van der Waals surface area contributed by atoms with Gasteiger partial charge in [0.15, 0.2) is 0 Å². The summed E-state index contributed by atoms with van der Waals surface area (Å²) in [5.74, 6) is 0.0450. The van der Waals surface area contributed by atoms with Gasteiger partial charge in [-0.1, -0.05) is 24.3 Å². The third-order valence-corrected chi connectivity index (χ3v) is 2.54. The van der Waals surface area contributed by atoms with E-state index >= 15 is 0 Å².